The largest absolute Gasteiger partial charge is 0.491 e. The van der Waals surface area contributed by atoms with E-state index < -0.39 is 10.1 Å². The maximum atomic E-state index is 12.1. The summed E-state index contributed by atoms with van der Waals surface area (Å²) < 4.78 is 45.7. The molecule has 0 aliphatic carbocycles. The van der Waals surface area contributed by atoms with Crippen LogP contribution in [-0.2, 0) is 30.2 Å². The van der Waals surface area contributed by atoms with Crippen molar-refractivity contribution in [1.29, 1.82) is 0 Å². The Morgan fingerprint density at radius 3 is 1.94 bits per heavy atom. The van der Waals surface area contributed by atoms with Gasteiger partial charge in [-0.05, 0) is 49.6 Å². The number of unbranched alkanes of at least 4 members (excludes halogenated alkanes) is 5. The lowest BCUT2D eigenvalue weighted by Gasteiger charge is -2.09. The minimum atomic E-state index is -3.75. The van der Waals surface area contributed by atoms with E-state index in [1.165, 1.54) is 56.2 Å². The molecule has 0 bridgehead atoms. The van der Waals surface area contributed by atoms with E-state index >= 15 is 0 Å². The second-order valence-electron chi connectivity index (χ2n) is 8.32. The average Bonchev–Trinajstić information content (AvgIpc) is 2.83. The van der Waals surface area contributed by atoms with Crippen LogP contribution in [-0.4, -0.2) is 48.1 Å². The summed E-state index contributed by atoms with van der Waals surface area (Å²) >= 11 is 0. The first kappa shape index (κ1) is 28.3. The molecule has 2 aromatic carbocycles. The second kappa shape index (κ2) is 16.7. The molecule has 0 spiro atoms. The quantitative estimate of drug-likeness (QED) is 0.185. The summed E-state index contributed by atoms with van der Waals surface area (Å²) in [6, 6.07) is 14.8. The highest BCUT2D eigenvalue weighted by atomic mass is 32.2. The summed E-state index contributed by atoms with van der Waals surface area (Å²) in [5.74, 6) is 0.846. The molecule has 6 nitrogen and oxygen atoms in total. The molecular weight excluding hydrogens is 452 g/mol. The minimum absolute atomic E-state index is 0.0336. The fraction of sp³-hybridized carbons (Fsp3) is 0.556. The smallest absolute Gasteiger partial charge is 0.297 e. The Bertz CT molecular complexity index is 878. The number of hydrogen-bond donors (Lipinski definition) is 0. The molecule has 34 heavy (non-hydrogen) atoms. The Balaban J connectivity index is 1.45. The second-order valence-corrected chi connectivity index (χ2v) is 9.94. The highest BCUT2D eigenvalue weighted by Gasteiger charge is 2.14. The summed E-state index contributed by atoms with van der Waals surface area (Å²) in [5.41, 5.74) is 2.34. The minimum Gasteiger partial charge on any atom is -0.491 e. The van der Waals surface area contributed by atoms with E-state index in [1.807, 2.05) is 19.1 Å². The van der Waals surface area contributed by atoms with Crippen molar-refractivity contribution in [1.82, 2.24) is 0 Å². The van der Waals surface area contributed by atoms with Crippen molar-refractivity contribution in [2.75, 3.05) is 39.6 Å². The SMILES string of the molecule is CCCCCCCCc1ccc(OCCOCCOCCOS(=O)(=O)c2ccc(C)cc2)cc1. The van der Waals surface area contributed by atoms with Gasteiger partial charge in [0.25, 0.3) is 10.1 Å². The molecule has 190 valence electrons. The highest BCUT2D eigenvalue weighted by molar-refractivity contribution is 7.86. The summed E-state index contributed by atoms with van der Waals surface area (Å²) in [6.07, 6.45) is 9.00. The molecule has 2 aromatic rings. The zero-order valence-corrected chi connectivity index (χ0v) is 21.5. The normalized spacial score (nSPS) is 11.6. The van der Waals surface area contributed by atoms with Crippen LogP contribution in [0.1, 0.15) is 56.6 Å². The van der Waals surface area contributed by atoms with Crippen LogP contribution in [0.15, 0.2) is 53.4 Å². The van der Waals surface area contributed by atoms with Gasteiger partial charge < -0.3 is 14.2 Å². The Kier molecular flexibility index (Phi) is 13.9. The van der Waals surface area contributed by atoms with Crippen molar-refractivity contribution < 1.29 is 26.8 Å². The predicted molar refractivity (Wildman–Crippen MR) is 135 cm³/mol. The van der Waals surface area contributed by atoms with Crippen LogP contribution >= 0.6 is 0 Å². The van der Waals surface area contributed by atoms with E-state index in [0.717, 1.165) is 17.7 Å². The van der Waals surface area contributed by atoms with Crippen LogP contribution in [0.2, 0.25) is 0 Å². The first-order chi connectivity index (χ1) is 16.5. The average molecular weight is 493 g/mol. The molecule has 0 radical (unpaired) electrons. The highest BCUT2D eigenvalue weighted by Crippen LogP contribution is 2.15. The van der Waals surface area contributed by atoms with Crippen LogP contribution in [0.5, 0.6) is 5.75 Å². The molecule has 7 heteroatoms. The first-order valence-electron chi connectivity index (χ1n) is 12.3. The Morgan fingerprint density at radius 2 is 1.26 bits per heavy atom. The van der Waals surface area contributed by atoms with Crippen LogP contribution in [0.25, 0.3) is 0 Å². The third-order valence-corrected chi connectivity index (χ3v) is 6.71. The lowest BCUT2D eigenvalue weighted by Crippen LogP contribution is -2.14. The molecule has 2 rings (SSSR count). The number of benzene rings is 2. The Labute approximate surface area is 205 Å². The maximum Gasteiger partial charge on any atom is 0.297 e. The fourth-order valence-electron chi connectivity index (χ4n) is 3.38. The van der Waals surface area contributed by atoms with Gasteiger partial charge in [-0.1, -0.05) is 68.9 Å². The number of rotatable bonds is 19. The van der Waals surface area contributed by atoms with E-state index in [2.05, 4.69) is 19.1 Å². The van der Waals surface area contributed by atoms with Crippen molar-refractivity contribution in [3.8, 4) is 5.75 Å². The van der Waals surface area contributed by atoms with Crippen LogP contribution in [0, 0.1) is 6.92 Å². The number of ether oxygens (including phenoxy) is 3. The molecular formula is C27H40O6S. The molecule has 0 amide bonds. The molecule has 0 aliphatic heterocycles. The van der Waals surface area contributed by atoms with E-state index in [1.54, 1.807) is 12.1 Å². The Hall–Kier alpha value is -1.93. The number of aryl methyl sites for hydroxylation is 2. The van der Waals surface area contributed by atoms with Gasteiger partial charge in [0.05, 0.1) is 37.9 Å². The first-order valence-corrected chi connectivity index (χ1v) is 13.8. The van der Waals surface area contributed by atoms with Gasteiger partial charge in [0, 0.05) is 0 Å². The molecule has 0 atom stereocenters. The lowest BCUT2D eigenvalue weighted by molar-refractivity contribution is 0.0279. The molecule has 0 aliphatic rings. The predicted octanol–water partition coefficient (Wildman–Crippen LogP) is 5.72. The van der Waals surface area contributed by atoms with Gasteiger partial charge in [-0.3, -0.25) is 4.18 Å². The van der Waals surface area contributed by atoms with Gasteiger partial charge in [0.15, 0.2) is 0 Å². The zero-order valence-electron chi connectivity index (χ0n) is 20.7. The van der Waals surface area contributed by atoms with E-state index in [-0.39, 0.29) is 18.1 Å². The molecule has 0 unspecified atom stereocenters. The van der Waals surface area contributed by atoms with Crippen molar-refractivity contribution >= 4 is 10.1 Å². The van der Waals surface area contributed by atoms with Crippen molar-refractivity contribution in [3.05, 3.63) is 59.7 Å². The van der Waals surface area contributed by atoms with Crippen LogP contribution in [0.4, 0.5) is 0 Å². The van der Waals surface area contributed by atoms with Crippen LogP contribution in [0.3, 0.4) is 0 Å². The molecule has 0 fully saturated rings. The van der Waals surface area contributed by atoms with E-state index in [9.17, 15) is 8.42 Å². The summed E-state index contributed by atoms with van der Waals surface area (Å²) in [5, 5.41) is 0. The monoisotopic (exact) mass is 492 g/mol. The standard InChI is InChI=1S/C27H40O6S/c1-3-4-5-6-7-8-9-25-12-14-26(15-13-25)32-22-20-30-18-19-31-21-23-33-34(28,29)27-16-10-24(2)11-17-27/h10-17H,3-9,18-23H2,1-2H3. The van der Waals surface area contributed by atoms with Crippen molar-refractivity contribution in [3.63, 3.8) is 0 Å². The summed E-state index contributed by atoms with van der Waals surface area (Å²) in [7, 11) is -3.75. The maximum absolute atomic E-state index is 12.1. The van der Waals surface area contributed by atoms with E-state index in [4.69, 9.17) is 18.4 Å². The van der Waals surface area contributed by atoms with Gasteiger partial charge in [-0.25, -0.2) is 0 Å². The summed E-state index contributed by atoms with van der Waals surface area (Å²) in [4.78, 5) is 0.147. The third-order valence-electron chi connectivity index (χ3n) is 5.39. The molecule has 0 saturated heterocycles. The zero-order chi connectivity index (χ0) is 24.5. The van der Waals surface area contributed by atoms with Gasteiger partial charge in [0.2, 0.25) is 0 Å². The van der Waals surface area contributed by atoms with Crippen LogP contribution < -0.4 is 4.74 Å². The van der Waals surface area contributed by atoms with Crippen molar-refractivity contribution in [2.24, 2.45) is 0 Å². The number of hydrogen-bond acceptors (Lipinski definition) is 6. The van der Waals surface area contributed by atoms with E-state index in [0.29, 0.717) is 26.4 Å². The molecule has 0 heterocycles. The van der Waals surface area contributed by atoms with Gasteiger partial charge in [-0.15, -0.1) is 0 Å². The van der Waals surface area contributed by atoms with Gasteiger partial charge in [-0.2, -0.15) is 8.42 Å². The summed E-state index contributed by atoms with van der Waals surface area (Å²) in [6.45, 7) is 5.98. The lowest BCUT2D eigenvalue weighted by atomic mass is 10.0. The van der Waals surface area contributed by atoms with Crippen molar-refractivity contribution in [2.45, 2.75) is 63.7 Å². The topological polar surface area (TPSA) is 71.1 Å². The third kappa shape index (κ3) is 12.0. The molecule has 0 N–H and O–H groups in total. The molecule has 0 saturated carbocycles. The fourth-order valence-corrected chi connectivity index (χ4v) is 4.27. The van der Waals surface area contributed by atoms with Gasteiger partial charge in [0.1, 0.15) is 12.4 Å². The van der Waals surface area contributed by atoms with Gasteiger partial charge >= 0.3 is 0 Å². The Morgan fingerprint density at radius 1 is 0.676 bits per heavy atom. The molecule has 0 aromatic heterocycles.